The van der Waals surface area contributed by atoms with Gasteiger partial charge in [0.05, 0.1) is 10.7 Å². The molecule has 0 aliphatic carbocycles. The van der Waals surface area contributed by atoms with Crippen LogP contribution in [0.25, 0.3) is 0 Å². The second-order valence-corrected chi connectivity index (χ2v) is 6.42. The van der Waals surface area contributed by atoms with Crippen LogP contribution in [0.5, 0.6) is 5.75 Å². The Morgan fingerprint density at radius 2 is 1.76 bits per heavy atom. The molecule has 0 radical (unpaired) electrons. The number of aryl methyl sites for hydroxylation is 2. The molecule has 0 saturated heterocycles. The van der Waals surface area contributed by atoms with Crippen molar-refractivity contribution < 1.29 is 4.74 Å². The number of benzene rings is 3. The van der Waals surface area contributed by atoms with E-state index in [2.05, 4.69) is 31.0 Å². The van der Waals surface area contributed by atoms with Gasteiger partial charge in [0.25, 0.3) is 0 Å². The third kappa shape index (κ3) is 4.71. The van der Waals surface area contributed by atoms with Crippen molar-refractivity contribution in [2.75, 3.05) is 0 Å². The summed E-state index contributed by atoms with van der Waals surface area (Å²) in [6.45, 7) is 4.64. The maximum Gasteiger partial charge on any atom is 0.138 e. The lowest BCUT2D eigenvalue weighted by Crippen LogP contribution is -1.96. The number of rotatable bonds is 5. The molecule has 0 N–H and O–H groups in total. The van der Waals surface area contributed by atoms with Crippen molar-refractivity contribution in [2.24, 2.45) is 4.99 Å². The smallest absolute Gasteiger partial charge is 0.138 e. The quantitative estimate of drug-likeness (QED) is 0.496. The van der Waals surface area contributed by atoms with Gasteiger partial charge in [-0.1, -0.05) is 59.6 Å². The third-order valence-electron chi connectivity index (χ3n) is 3.90. The van der Waals surface area contributed by atoms with E-state index in [1.165, 1.54) is 5.56 Å². The average molecular weight is 350 g/mol. The molecule has 0 atom stereocenters. The summed E-state index contributed by atoms with van der Waals surface area (Å²) < 4.78 is 5.80. The monoisotopic (exact) mass is 349 g/mol. The minimum absolute atomic E-state index is 0.497. The summed E-state index contributed by atoms with van der Waals surface area (Å²) in [7, 11) is 0. The zero-order valence-electron chi connectivity index (χ0n) is 14.4. The summed E-state index contributed by atoms with van der Waals surface area (Å²) >= 11 is 6.34. The molecule has 3 rings (SSSR count). The second kappa shape index (κ2) is 8.00. The lowest BCUT2D eigenvalue weighted by molar-refractivity contribution is 0.306. The van der Waals surface area contributed by atoms with Crippen LogP contribution in [-0.2, 0) is 6.61 Å². The first-order valence-corrected chi connectivity index (χ1v) is 8.57. The number of halogens is 1. The fraction of sp³-hybridized carbons (Fsp3) is 0.136. The van der Waals surface area contributed by atoms with E-state index < -0.39 is 0 Å². The summed E-state index contributed by atoms with van der Waals surface area (Å²) in [5.41, 5.74) is 5.41. The van der Waals surface area contributed by atoms with E-state index in [1.807, 2.05) is 60.8 Å². The van der Waals surface area contributed by atoms with Crippen LogP contribution in [0.4, 0.5) is 5.69 Å². The van der Waals surface area contributed by atoms with Gasteiger partial charge in [0.1, 0.15) is 12.4 Å². The summed E-state index contributed by atoms with van der Waals surface area (Å²) in [5.74, 6) is 0.675. The minimum Gasteiger partial charge on any atom is -0.487 e. The standard InChI is InChI=1S/C22H20ClNO/c1-16-8-10-21(17(2)12-16)24-14-19-9-11-22(20(23)13-19)25-15-18-6-4-3-5-7-18/h3-14H,15H2,1-2H3. The Hall–Kier alpha value is -2.58. The molecule has 2 nitrogen and oxygen atoms in total. The highest BCUT2D eigenvalue weighted by Crippen LogP contribution is 2.26. The normalized spacial score (nSPS) is 11.0. The number of aliphatic imine (C=N–C) groups is 1. The number of hydrogen-bond donors (Lipinski definition) is 0. The molecule has 0 unspecified atom stereocenters. The summed E-state index contributed by atoms with van der Waals surface area (Å²) in [6.07, 6.45) is 1.82. The van der Waals surface area contributed by atoms with E-state index in [9.17, 15) is 0 Å². The van der Waals surface area contributed by atoms with Gasteiger partial charge in [0.2, 0.25) is 0 Å². The van der Waals surface area contributed by atoms with Crippen molar-refractivity contribution in [3.05, 3.63) is 94.0 Å². The largest absolute Gasteiger partial charge is 0.487 e. The number of ether oxygens (including phenoxy) is 1. The lowest BCUT2D eigenvalue weighted by Gasteiger charge is -2.08. The van der Waals surface area contributed by atoms with E-state index in [-0.39, 0.29) is 0 Å². The minimum atomic E-state index is 0.497. The SMILES string of the molecule is Cc1ccc(N=Cc2ccc(OCc3ccccc3)c(Cl)c2)c(C)c1. The molecule has 0 heterocycles. The van der Waals surface area contributed by atoms with Gasteiger partial charge in [-0.2, -0.15) is 0 Å². The Balaban J connectivity index is 1.70. The maximum atomic E-state index is 6.34. The molecule has 0 bridgehead atoms. The molecule has 0 saturated carbocycles. The molecule has 0 amide bonds. The highest BCUT2D eigenvalue weighted by atomic mass is 35.5. The van der Waals surface area contributed by atoms with E-state index >= 15 is 0 Å². The Morgan fingerprint density at radius 1 is 0.960 bits per heavy atom. The van der Waals surface area contributed by atoms with Crippen LogP contribution in [0, 0.1) is 13.8 Å². The van der Waals surface area contributed by atoms with Crippen LogP contribution < -0.4 is 4.74 Å². The maximum absolute atomic E-state index is 6.34. The van der Waals surface area contributed by atoms with Gasteiger partial charge in [0, 0.05) is 6.21 Å². The number of hydrogen-bond acceptors (Lipinski definition) is 2. The average Bonchev–Trinajstić information content (AvgIpc) is 2.61. The fourth-order valence-corrected chi connectivity index (χ4v) is 2.79. The van der Waals surface area contributed by atoms with Crippen molar-refractivity contribution >= 4 is 23.5 Å². The molecule has 0 aromatic heterocycles. The van der Waals surface area contributed by atoms with Crippen molar-refractivity contribution in [3.63, 3.8) is 0 Å². The van der Waals surface area contributed by atoms with Gasteiger partial charge in [-0.25, -0.2) is 0 Å². The molecule has 0 aliphatic heterocycles. The van der Waals surface area contributed by atoms with Crippen LogP contribution in [0.1, 0.15) is 22.3 Å². The van der Waals surface area contributed by atoms with Crippen molar-refractivity contribution in [2.45, 2.75) is 20.5 Å². The molecule has 0 fully saturated rings. The fourth-order valence-electron chi connectivity index (χ4n) is 2.54. The van der Waals surface area contributed by atoms with E-state index in [0.29, 0.717) is 17.4 Å². The van der Waals surface area contributed by atoms with E-state index in [0.717, 1.165) is 22.4 Å². The van der Waals surface area contributed by atoms with Crippen LogP contribution in [-0.4, -0.2) is 6.21 Å². The molecular formula is C22H20ClNO. The first-order valence-electron chi connectivity index (χ1n) is 8.19. The van der Waals surface area contributed by atoms with Crippen LogP contribution in [0.3, 0.4) is 0 Å². The molecule has 3 aromatic rings. The lowest BCUT2D eigenvalue weighted by atomic mass is 10.1. The van der Waals surface area contributed by atoms with Gasteiger partial charge in [-0.05, 0) is 54.8 Å². The molecule has 0 spiro atoms. The molecule has 0 aliphatic rings. The topological polar surface area (TPSA) is 21.6 Å². The second-order valence-electron chi connectivity index (χ2n) is 6.01. The third-order valence-corrected chi connectivity index (χ3v) is 4.19. The predicted molar refractivity (Wildman–Crippen MR) is 105 cm³/mol. The molecule has 3 heteroatoms. The van der Waals surface area contributed by atoms with Crippen molar-refractivity contribution in [1.29, 1.82) is 0 Å². The van der Waals surface area contributed by atoms with Gasteiger partial charge < -0.3 is 4.74 Å². The van der Waals surface area contributed by atoms with Gasteiger partial charge in [-0.15, -0.1) is 0 Å². The summed E-state index contributed by atoms with van der Waals surface area (Å²) in [6, 6.07) is 22.0. The van der Waals surface area contributed by atoms with Gasteiger partial charge >= 0.3 is 0 Å². The van der Waals surface area contributed by atoms with E-state index in [1.54, 1.807) is 0 Å². The first-order chi connectivity index (χ1) is 12.1. The Labute approximate surface area is 153 Å². The van der Waals surface area contributed by atoms with Crippen molar-refractivity contribution in [1.82, 2.24) is 0 Å². The molecule has 25 heavy (non-hydrogen) atoms. The Kier molecular flexibility index (Phi) is 5.52. The van der Waals surface area contributed by atoms with Crippen molar-refractivity contribution in [3.8, 4) is 5.75 Å². The predicted octanol–water partition coefficient (Wildman–Crippen LogP) is 6.29. The zero-order chi connectivity index (χ0) is 17.6. The Morgan fingerprint density at radius 3 is 2.48 bits per heavy atom. The Bertz CT molecular complexity index is 888. The zero-order valence-corrected chi connectivity index (χ0v) is 15.1. The summed E-state index contributed by atoms with van der Waals surface area (Å²) in [5, 5.41) is 0.584. The number of nitrogens with zero attached hydrogens (tertiary/aromatic N) is 1. The molecule has 126 valence electrons. The van der Waals surface area contributed by atoms with Crippen LogP contribution >= 0.6 is 11.6 Å². The van der Waals surface area contributed by atoms with Gasteiger partial charge in [-0.3, -0.25) is 4.99 Å². The van der Waals surface area contributed by atoms with Crippen LogP contribution in [0.2, 0.25) is 5.02 Å². The highest BCUT2D eigenvalue weighted by Gasteiger charge is 2.03. The van der Waals surface area contributed by atoms with Gasteiger partial charge in [0.15, 0.2) is 0 Å². The first kappa shape index (κ1) is 17.2. The highest BCUT2D eigenvalue weighted by molar-refractivity contribution is 6.32. The summed E-state index contributed by atoms with van der Waals surface area (Å²) in [4.78, 5) is 4.56. The van der Waals surface area contributed by atoms with E-state index in [4.69, 9.17) is 16.3 Å². The molecule has 3 aromatic carbocycles. The molecular weight excluding hydrogens is 330 g/mol. The van der Waals surface area contributed by atoms with Crippen LogP contribution in [0.15, 0.2) is 71.7 Å².